The number of aromatic amines is 1. The van der Waals surface area contributed by atoms with Gasteiger partial charge in [-0.1, -0.05) is 31.2 Å². The van der Waals surface area contributed by atoms with Crippen molar-refractivity contribution in [3.05, 3.63) is 28.2 Å². The molecule has 0 aliphatic heterocycles. The number of rotatable bonds is 8. The van der Waals surface area contributed by atoms with Crippen LogP contribution >= 0.6 is 23.1 Å². The Morgan fingerprint density at radius 2 is 2.45 bits per heavy atom. The molecule has 2 heterocycles. The smallest absolute Gasteiger partial charge is 0.316 e. The third kappa shape index (κ3) is 4.97. The Bertz CT molecular complexity index is 525. The number of carbonyl (C=O) groups is 1. The van der Waals surface area contributed by atoms with E-state index in [9.17, 15) is 4.79 Å². The molecule has 0 amide bonds. The average molecular weight is 311 g/mol. The molecule has 0 radical (unpaired) electrons. The Kier molecular flexibility index (Phi) is 6.07. The standard InChI is InChI=1S/C13H17N3O2S2/c1-2-3-6-18-12(17)9-20-13-14-11(15-16-13)8-10-5-4-7-19-10/h4-5,7H,2-3,6,8-9H2,1H3,(H,14,15,16). The van der Waals surface area contributed by atoms with E-state index in [2.05, 4.69) is 28.2 Å². The molecule has 5 nitrogen and oxygen atoms in total. The first-order valence-electron chi connectivity index (χ1n) is 6.50. The number of thioether (sulfide) groups is 1. The lowest BCUT2D eigenvalue weighted by Gasteiger charge is -2.01. The predicted octanol–water partition coefficient (Wildman–Crippen LogP) is 2.89. The minimum atomic E-state index is -0.215. The first-order chi connectivity index (χ1) is 9.78. The van der Waals surface area contributed by atoms with Gasteiger partial charge in [-0.3, -0.25) is 9.89 Å². The molecule has 1 N–H and O–H groups in total. The molecule has 7 heteroatoms. The maximum absolute atomic E-state index is 11.4. The van der Waals surface area contributed by atoms with Gasteiger partial charge in [0.25, 0.3) is 0 Å². The molecule has 0 unspecified atom stereocenters. The van der Waals surface area contributed by atoms with Crippen molar-refractivity contribution in [1.29, 1.82) is 0 Å². The number of aromatic nitrogens is 3. The van der Waals surface area contributed by atoms with Gasteiger partial charge in [-0.25, -0.2) is 4.98 Å². The van der Waals surface area contributed by atoms with Gasteiger partial charge in [-0.15, -0.1) is 16.4 Å². The number of ether oxygens (including phenoxy) is 1. The summed E-state index contributed by atoms with van der Waals surface area (Å²) >= 11 is 2.98. The van der Waals surface area contributed by atoms with E-state index in [0.717, 1.165) is 25.1 Å². The van der Waals surface area contributed by atoms with Gasteiger partial charge in [-0.2, -0.15) is 0 Å². The quantitative estimate of drug-likeness (QED) is 0.461. The summed E-state index contributed by atoms with van der Waals surface area (Å²) in [7, 11) is 0. The Labute approximate surface area is 126 Å². The van der Waals surface area contributed by atoms with E-state index >= 15 is 0 Å². The maximum Gasteiger partial charge on any atom is 0.316 e. The van der Waals surface area contributed by atoms with Gasteiger partial charge < -0.3 is 4.74 Å². The molecule has 2 aromatic heterocycles. The van der Waals surface area contributed by atoms with Crippen molar-refractivity contribution in [1.82, 2.24) is 15.2 Å². The second-order valence-electron chi connectivity index (χ2n) is 4.18. The van der Waals surface area contributed by atoms with Crippen LogP contribution in [0.3, 0.4) is 0 Å². The van der Waals surface area contributed by atoms with Gasteiger partial charge in [0, 0.05) is 11.3 Å². The van der Waals surface area contributed by atoms with Gasteiger partial charge in [0.1, 0.15) is 5.82 Å². The predicted molar refractivity (Wildman–Crippen MR) is 80.1 cm³/mol. The average Bonchev–Trinajstić information content (AvgIpc) is 3.09. The zero-order chi connectivity index (χ0) is 14.2. The first-order valence-corrected chi connectivity index (χ1v) is 8.36. The zero-order valence-electron chi connectivity index (χ0n) is 11.3. The largest absolute Gasteiger partial charge is 0.465 e. The van der Waals surface area contributed by atoms with Crippen molar-refractivity contribution in [3.8, 4) is 0 Å². The summed E-state index contributed by atoms with van der Waals surface area (Å²) in [5, 5.41) is 9.60. The zero-order valence-corrected chi connectivity index (χ0v) is 12.9. The highest BCUT2D eigenvalue weighted by molar-refractivity contribution is 7.99. The number of carbonyl (C=O) groups excluding carboxylic acids is 1. The first kappa shape index (κ1) is 15.1. The van der Waals surface area contributed by atoms with Gasteiger partial charge >= 0.3 is 5.97 Å². The molecule has 0 saturated carbocycles. The Hall–Kier alpha value is -1.34. The van der Waals surface area contributed by atoms with Gasteiger partial charge in [0.05, 0.1) is 12.4 Å². The molecular weight excluding hydrogens is 294 g/mol. The van der Waals surface area contributed by atoms with E-state index in [4.69, 9.17) is 4.74 Å². The summed E-state index contributed by atoms with van der Waals surface area (Å²) in [5.74, 6) is 0.849. The van der Waals surface area contributed by atoms with Crippen molar-refractivity contribution in [2.45, 2.75) is 31.3 Å². The van der Waals surface area contributed by atoms with Crippen LogP contribution in [0.1, 0.15) is 30.5 Å². The molecule has 0 saturated heterocycles. The maximum atomic E-state index is 11.4. The Morgan fingerprint density at radius 3 is 3.20 bits per heavy atom. The summed E-state index contributed by atoms with van der Waals surface area (Å²) in [4.78, 5) is 17.0. The summed E-state index contributed by atoms with van der Waals surface area (Å²) in [6, 6.07) is 4.07. The number of esters is 1. The van der Waals surface area contributed by atoms with Crippen LogP contribution < -0.4 is 0 Å². The van der Waals surface area contributed by atoms with Crippen molar-refractivity contribution in [2.24, 2.45) is 0 Å². The van der Waals surface area contributed by atoms with Gasteiger partial charge in [0.2, 0.25) is 5.16 Å². The molecule has 0 bridgehead atoms. The van der Waals surface area contributed by atoms with Gasteiger partial charge in [-0.05, 0) is 17.9 Å². The lowest BCUT2D eigenvalue weighted by Crippen LogP contribution is -2.08. The SMILES string of the molecule is CCCCOC(=O)CSc1n[nH]c(Cc2cccs2)n1. The van der Waals surface area contributed by atoms with Crippen molar-refractivity contribution >= 4 is 29.1 Å². The molecule has 0 spiro atoms. The van der Waals surface area contributed by atoms with Crippen LogP contribution in [0.2, 0.25) is 0 Å². The summed E-state index contributed by atoms with van der Waals surface area (Å²) in [5.41, 5.74) is 0. The normalized spacial score (nSPS) is 10.7. The van der Waals surface area contributed by atoms with Crippen LogP contribution in [0.25, 0.3) is 0 Å². The fourth-order valence-electron chi connectivity index (χ4n) is 1.50. The summed E-state index contributed by atoms with van der Waals surface area (Å²) in [6.45, 7) is 2.55. The molecule has 0 atom stereocenters. The number of unbranched alkanes of at least 4 members (excludes halogenated alkanes) is 1. The molecule has 0 aliphatic rings. The van der Waals surface area contributed by atoms with E-state index in [-0.39, 0.29) is 11.7 Å². The van der Waals surface area contributed by atoms with E-state index in [1.807, 2.05) is 11.4 Å². The highest BCUT2D eigenvalue weighted by atomic mass is 32.2. The fraction of sp³-hybridized carbons (Fsp3) is 0.462. The number of hydrogen-bond donors (Lipinski definition) is 1. The Morgan fingerprint density at radius 1 is 1.55 bits per heavy atom. The molecule has 0 aromatic carbocycles. The summed E-state index contributed by atoms with van der Waals surface area (Å²) < 4.78 is 5.07. The monoisotopic (exact) mass is 311 g/mol. The molecule has 20 heavy (non-hydrogen) atoms. The molecule has 0 aliphatic carbocycles. The molecule has 2 rings (SSSR count). The van der Waals surface area contributed by atoms with E-state index in [1.165, 1.54) is 16.6 Å². The third-order valence-electron chi connectivity index (χ3n) is 2.51. The minimum absolute atomic E-state index is 0.215. The van der Waals surface area contributed by atoms with E-state index in [0.29, 0.717) is 11.8 Å². The lowest BCUT2D eigenvalue weighted by atomic mass is 10.3. The van der Waals surface area contributed by atoms with Crippen molar-refractivity contribution in [2.75, 3.05) is 12.4 Å². The van der Waals surface area contributed by atoms with E-state index < -0.39 is 0 Å². The second kappa shape index (κ2) is 8.06. The van der Waals surface area contributed by atoms with Crippen LogP contribution in [-0.2, 0) is 16.0 Å². The topological polar surface area (TPSA) is 67.9 Å². The second-order valence-corrected chi connectivity index (χ2v) is 6.16. The van der Waals surface area contributed by atoms with Crippen molar-refractivity contribution < 1.29 is 9.53 Å². The molecular formula is C13H17N3O2S2. The number of H-pyrrole nitrogens is 1. The Balaban J connectivity index is 1.74. The molecule has 0 fully saturated rings. The van der Waals surface area contributed by atoms with Crippen LogP contribution in [0.5, 0.6) is 0 Å². The fourth-order valence-corrected chi connectivity index (χ4v) is 2.82. The van der Waals surface area contributed by atoms with E-state index in [1.54, 1.807) is 11.3 Å². The van der Waals surface area contributed by atoms with Crippen LogP contribution in [0, 0.1) is 0 Å². The summed E-state index contributed by atoms with van der Waals surface area (Å²) in [6.07, 6.45) is 2.67. The van der Waals surface area contributed by atoms with Gasteiger partial charge in [0.15, 0.2) is 0 Å². The lowest BCUT2D eigenvalue weighted by molar-refractivity contribution is -0.140. The molecule has 108 valence electrons. The third-order valence-corrected chi connectivity index (χ3v) is 4.21. The number of thiophene rings is 1. The molecule has 2 aromatic rings. The van der Waals surface area contributed by atoms with Crippen LogP contribution in [0.4, 0.5) is 0 Å². The highest BCUT2D eigenvalue weighted by Crippen LogP contribution is 2.16. The highest BCUT2D eigenvalue weighted by Gasteiger charge is 2.09. The van der Waals surface area contributed by atoms with Crippen LogP contribution in [-0.4, -0.2) is 33.5 Å². The minimum Gasteiger partial charge on any atom is -0.465 e. The number of nitrogens with zero attached hydrogens (tertiary/aromatic N) is 2. The van der Waals surface area contributed by atoms with Crippen molar-refractivity contribution in [3.63, 3.8) is 0 Å². The number of hydrogen-bond acceptors (Lipinski definition) is 6. The number of nitrogens with one attached hydrogen (secondary N) is 1. The van der Waals surface area contributed by atoms with Crippen LogP contribution in [0.15, 0.2) is 22.7 Å².